The fraction of sp³-hybridized carbons (Fsp3) is 0.333. The highest BCUT2D eigenvalue weighted by atomic mass is 16.3. The Balaban J connectivity index is 1.37. The van der Waals surface area contributed by atoms with Crippen LogP contribution in [0.1, 0.15) is 11.1 Å². The van der Waals surface area contributed by atoms with Gasteiger partial charge in [0.25, 0.3) is 0 Å². The van der Waals surface area contributed by atoms with Gasteiger partial charge >= 0.3 is 0 Å². The fourth-order valence-electron chi connectivity index (χ4n) is 3.68. The maximum Gasteiger partial charge on any atom is 0.223 e. The lowest BCUT2D eigenvalue weighted by Crippen LogP contribution is -2.43. The zero-order valence-corrected chi connectivity index (χ0v) is 17.5. The van der Waals surface area contributed by atoms with E-state index in [2.05, 4.69) is 51.4 Å². The van der Waals surface area contributed by atoms with E-state index in [1.807, 2.05) is 18.2 Å². The molecule has 1 aromatic heterocycles. The summed E-state index contributed by atoms with van der Waals surface area (Å²) < 4.78 is 0. The second-order valence-corrected chi connectivity index (χ2v) is 7.89. The summed E-state index contributed by atoms with van der Waals surface area (Å²) in [5.74, 6) is 0.924. The number of likely N-dealkylation sites (N-methyl/N-ethyl adjacent to an activating group) is 1. The molecule has 1 aliphatic heterocycles. The second-order valence-electron chi connectivity index (χ2n) is 7.89. The monoisotopic (exact) mass is 403 g/mol. The molecule has 1 saturated heterocycles. The third-order valence-electron chi connectivity index (χ3n) is 5.51. The van der Waals surface area contributed by atoms with Crippen LogP contribution >= 0.6 is 0 Å². The lowest BCUT2D eigenvalue weighted by Gasteiger charge is -2.32. The molecule has 2 aromatic carbocycles. The normalized spacial score (nSPS) is 15.2. The standard InChI is InChI=1S/C24H29N5O/c1-28-13-15-29(16-14-28)18-20-3-2-4-21(17-20)23-10-12-26-24(27-23)25-11-9-19-5-7-22(30)8-6-19/h2-8,10,12,17,30H,9,11,13-16,18H2,1H3,(H,25,26,27). The number of benzene rings is 2. The van der Waals surface area contributed by atoms with Crippen molar-refractivity contribution in [3.8, 4) is 17.0 Å². The second kappa shape index (κ2) is 9.69. The zero-order chi connectivity index (χ0) is 20.8. The molecule has 0 unspecified atom stereocenters. The van der Waals surface area contributed by atoms with Crippen LogP contribution in [0.4, 0.5) is 5.95 Å². The van der Waals surface area contributed by atoms with Crippen molar-refractivity contribution in [2.45, 2.75) is 13.0 Å². The predicted molar refractivity (Wildman–Crippen MR) is 121 cm³/mol. The van der Waals surface area contributed by atoms with Gasteiger partial charge in [0, 0.05) is 51.0 Å². The molecule has 1 aliphatic rings. The summed E-state index contributed by atoms with van der Waals surface area (Å²) in [6.45, 7) is 6.20. The number of piperazine rings is 1. The average molecular weight is 404 g/mol. The number of rotatable bonds is 7. The van der Waals surface area contributed by atoms with Crippen molar-refractivity contribution in [2.75, 3.05) is 45.1 Å². The van der Waals surface area contributed by atoms with Gasteiger partial charge in [-0.2, -0.15) is 0 Å². The van der Waals surface area contributed by atoms with Crippen LogP contribution < -0.4 is 5.32 Å². The third-order valence-corrected chi connectivity index (χ3v) is 5.51. The number of aromatic hydroxyl groups is 1. The van der Waals surface area contributed by atoms with E-state index in [0.29, 0.717) is 5.95 Å². The summed E-state index contributed by atoms with van der Waals surface area (Å²) in [6, 6.07) is 17.9. The first-order valence-corrected chi connectivity index (χ1v) is 10.5. The molecule has 1 fully saturated rings. The summed E-state index contributed by atoms with van der Waals surface area (Å²) in [6.07, 6.45) is 2.65. The van der Waals surface area contributed by atoms with Gasteiger partial charge in [0.05, 0.1) is 5.69 Å². The topological polar surface area (TPSA) is 64.5 Å². The van der Waals surface area contributed by atoms with Crippen LogP contribution in [0.5, 0.6) is 5.75 Å². The van der Waals surface area contributed by atoms with E-state index >= 15 is 0 Å². The molecule has 0 saturated carbocycles. The van der Waals surface area contributed by atoms with Crippen molar-refractivity contribution in [1.82, 2.24) is 19.8 Å². The van der Waals surface area contributed by atoms with Crippen molar-refractivity contribution < 1.29 is 5.11 Å². The highest BCUT2D eigenvalue weighted by Crippen LogP contribution is 2.20. The molecule has 0 atom stereocenters. The van der Waals surface area contributed by atoms with Crippen LogP contribution in [0, 0.1) is 0 Å². The van der Waals surface area contributed by atoms with E-state index in [-0.39, 0.29) is 5.75 Å². The van der Waals surface area contributed by atoms with Gasteiger partial charge < -0.3 is 15.3 Å². The Kier molecular flexibility index (Phi) is 6.57. The number of nitrogens with one attached hydrogen (secondary N) is 1. The molecule has 0 amide bonds. The molecule has 0 radical (unpaired) electrons. The quantitative estimate of drug-likeness (QED) is 0.631. The van der Waals surface area contributed by atoms with E-state index in [9.17, 15) is 5.11 Å². The summed E-state index contributed by atoms with van der Waals surface area (Å²) >= 11 is 0. The van der Waals surface area contributed by atoms with Gasteiger partial charge in [0.1, 0.15) is 5.75 Å². The Bertz CT molecular complexity index is 952. The molecule has 156 valence electrons. The van der Waals surface area contributed by atoms with Gasteiger partial charge in [-0.1, -0.05) is 30.3 Å². The molecular formula is C24H29N5O. The minimum absolute atomic E-state index is 0.289. The number of anilines is 1. The average Bonchev–Trinajstić information content (AvgIpc) is 2.77. The van der Waals surface area contributed by atoms with Crippen LogP contribution in [0.15, 0.2) is 60.8 Å². The molecule has 0 aliphatic carbocycles. The van der Waals surface area contributed by atoms with Crippen LogP contribution in [0.25, 0.3) is 11.3 Å². The van der Waals surface area contributed by atoms with Gasteiger partial charge in [-0.25, -0.2) is 9.97 Å². The van der Waals surface area contributed by atoms with Crippen LogP contribution in [-0.2, 0) is 13.0 Å². The molecule has 4 rings (SSSR count). The largest absolute Gasteiger partial charge is 0.508 e. The number of aromatic nitrogens is 2. The first kappa shape index (κ1) is 20.3. The SMILES string of the molecule is CN1CCN(Cc2cccc(-c3ccnc(NCCc4ccc(O)cc4)n3)c2)CC1. The molecular weight excluding hydrogens is 374 g/mol. The minimum atomic E-state index is 0.289. The number of nitrogens with zero attached hydrogens (tertiary/aromatic N) is 4. The van der Waals surface area contributed by atoms with Gasteiger partial charge in [0.15, 0.2) is 0 Å². The molecule has 6 nitrogen and oxygen atoms in total. The maximum absolute atomic E-state index is 9.38. The first-order chi connectivity index (χ1) is 14.7. The van der Waals surface area contributed by atoms with Gasteiger partial charge in [-0.3, -0.25) is 4.90 Å². The zero-order valence-electron chi connectivity index (χ0n) is 17.5. The lowest BCUT2D eigenvalue weighted by molar-refractivity contribution is 0.148. The first-order valence-electron chi connectivity index (χ1n) is 10.5. The van der Waals surface area contributed by atoms with Crippen LogP contribution in [-0.4, -0.2) is 64.6 Å². The van der Waals surface area contributed by atoms with E-state index in [4.69, 9.17) is 4.98 Å². The van der Waals surface area contributed by atoms with E-state index in [1.165, 1.54) is 5.56 Å². The van der Waals surface area contributed by atoms with Gasteiger partial charge in [-0.05, 0) is 48.9 Å². The Labute approximate surface area is 178 Å². The Morgan fingerprint density at radius 3 is 2.57 bits per heavy atom. The fourth-order valence-corrected chi connectivity index (χ4v) is 3.68. The molecule has 0 bridgehead atoms. The molecule has 2 N–H and O–H groups in total. The van der Waals surface area contributed by atoms with Crippen LogP contribution in [0.2, 0.25) is 0 Å². The molecule has 30 heavy (non-hydrogen) atoms. The van der Waals surface area contributed by atoms with Gasteiger partial charge in [-0.15, -0.1) is 0 Å². The summed E-state index contributed by atoms with van der Waals surface area (Å²) in [5.41, 5.74) is 4.52. The van der Waals surface area contributed by atoms with E-state index in [1.54, 1.807) is 18.3 Å². The summed E-state index contributed by atoms with van der Waals surface area (Å²) in [4.78, 5) is 14.0. The van der Waals surface area contributed by atoms with Crippen LogP contribution in [0.3, 0.4) is 0 Å². The lowest BCUT2D eigenvalue weighted by atomic mass is 10.1. The number of phenols is 1. The summed E-state index contributed by atoms with van der Waals surface area (Å²) in [5, 5.41) is 12.7. The van der Waals surface area contributed by atoms with Crippen molar-refractivity contribution in [1.29, 1.82) is 0 Å². The Morgan fingerprint density at radius 1 is 0.967 bits per heavy atom. The molecule has 2 heterocycles. The predicted octanol–water partition coefficient (Wildman–Crippen LogP) is 3.25. The smallest absolute Gasteiger partial charge is 0.223 e. The van der Waals surface area contributed by atoms with E-state index < -0.39 is 0 Å². The molecule has 0 spiro atoms. The Morgan fingerprint density at radius 2 is 1.77 bits per heavy atom. The van der Waals surface area contributed by atoms with Gasteiger partial charge in [0.2, 0.25) is 5.95 Å². The number of hydrogen-bond acceptors (Lipinski definition) is 6. The van der Waals surface area contributed by atoms with E-state index in [0.717, 1.165) is 62.5 Å². The third kappa shape index (κ3) is 5.55. The molecule has 6 heteroatoms. The van der Waals surface area contributed by atoms with Crippen molar-refractivity contribution in [3.63, 3.8) is 0 Å². The minimum Gasteiger partial charge on any atom is -0.508 e. The van der Waals surface area contributed by atoms with Crippen molar-refractivity contribution in [3.05, 3.63) is 71.9 Å². The molecule has 3 aromatic rings. The number of phenolic OH excluding ortho intramolecular Hbond substituents is 1. The number of hydrogen-bond donors (Lipinski definition) is 2. The Hall–Kier alpha value is -2.96. The summed E-state index contributed by atoms with van der Waals surface area (Å²) in [7, 11) is 2.18. The highest BCUT2D eigenvalue weighted by molar-refractivity contribution is 5.60. The highest BCUT2D eigenvalue weighted by Gasteiger charge is 2.14. The van der Waals surface area contributed by atoms with Crippen molar-refractivity contribution >= 4 is 5.95 Å². The maximum atomic E-state index is 9.38. The van der Waals surface area contributed by atoms with Crippen molar-refractivity contribution in [2.24, 2.45) is 0 Å².